The van der Waals surface area contributed by atoms with Gasteiger partial charge in [0.15, 0.2) is 0 Å². The second-order valence-electron chi connectivity index (χ2n) is 5.44. The van der Waals surface area contributed by atoms with Crippen LogP contribution in [0.5, 0.6) is 0 Å². The minimum atomic E-state index is -0.0475. The Balaban J connectivity index is 2.27. The van der Waals surface area contributed by atoms with E-state index in [4.69, 9.17) is 17.4 Å². The van der Waals surface area contributed by atoms with Crippen LogP contribution in [0.15, 0.2) is 24.4 Å². The van der Waals surface area contributed by atoms with Gasteiger partial charge >= 0.3 is 0 Å². The van der Waals surface area contributed by atoms with Gasteiger partial charge in [0, 0.05) is 6.54 Å². The molecule has 0 aliphatic carbocycles. The second-order valence-corrected chi connectivity index (χ2v) is 5.85. The smallest absolute Gasteiger partial charge is 0.0834 e. The summed E-state index contributed by atoms with van der Waals surface area (Å²) in [7, 11) is 0. The Kier molecular flexibility index (Phi) is 5.39. The Labute approximate surface area is 131 Å². The zero-order valence-electron chi connectivity index (χ0n) is 12.9. The standard InChI is InChI=1S/C16H23ClN4/c1-4-7-21-16(14(17)10-19-21)15(20-18)9-13-6-5-11(2)12(3)8-13/h5-6,8,10,15,20H,4,7,9,18H2,1-3H3. The summed E-state index contributed by atoms with van der Waals surface area (Å²) in [6.07, 6.45) is 3.48. The molecular formula is C16H23ClN4. The molecule has 0 bridgehead atoms. The maximum absolute atomic E-state index is 6.30. The van der Waals surface area contributed by atoms with Gasteiger partial charge in [-0.25, -0.2) is 0 Å². The molecular weight excluding hydrogens is 284 g/mol. The predicted molar refractivity (Wildman–Crippen MR) is 87.2 cm³/mol. The summed E-state index contributed by atoms with van der Waals surface area (Å²) in [6.45, 7) is 7.20. The first-order valence-corrected chi connectivity index (χ1v) is 7.68. The van der Waals surface area contributed by atoms with Gasteiger partial charge in [-0.15, -0.1) is 0 Å². The summed E-state index contributed by atoms with van der Waals surface area (Å²) < 4.78 is 1.94. The minimum Gasteiger partial charge on any atom is -0.271 e. The van der Waals surface area contributed by atoms with E-state index >= 15 is 0 Å². The first-order chi connectivity index (χ1) is 10.1. The first kappa shape index (κ1) is 16.0. The number of nitrogens with one attached hydrogen (secondary N) is 1. The fourth-order valence-corrected chi connectivity index (χ4v) is 2.78. The highest BCUT2D eigenvalue weighted by atomic mass is 35.5. The number of aromatic nitrogens is 2. The van der Waals surface area contributed by atoms with E-state index in [0.29, 0.717) is 5.02 Å². The molecule has 0 amide bonds. The number of aryl methyl sites for hydroxylation is 3. The van der Waals surface area contributed by atoms with Crippen molar-refractivity contribution in [3.05, 3.63) is 51.8 Å². The quantitative estimate of drug-likeness (QED) is 0.636. The van der Waals surface area contributed by atoms with Crippen molar-refractivity contribution in [1.82, 2.24) is 15.2 Å². The van der Waals surface area contributed by atoms with E-state index in [9.17, 15) is 0 Å². The topological polar surface area (TPSA) is 55.9 Å². The Morgan fingerprint density at radius 1 is 1.33 bits per heavy atom. The summed E-state index contributed by atoms with van der Waals surface area (Å²) in [6, 6.07) is 6.44. The molecule has 1 aromatic heterocycles. The van der Waals surface area contributed by atoms with Crippen LogP contribution in [-0.4, -0.2) is 9.78 Å². The van der Waals surface area contributed by atoms with Gasteiger partial charge in [-0.05, 0) is 43.4 Å². The number of nitrogens with two attached hydrogens (primary N) is 1. The maximum atomic E-state index is 6.30. The van der Waals surface area contributed by atoms with Gasteiger partial charge in [0.1, 0.15) is 0 Å². The third kappa shape index (κ3) is 3.64. The lowest BCUT2D eigenvalue weighted by Gasteiger charge is -2.19. The van der Waals surface area contributed by atoms with Gasteiger partial charge in [-0.1, -0.05) is 36.7 Å². The van der Waals surface area contributed by atoms with E-state index in [-0.39, 0.29) is 6.04 Å². The maximum Gasteiger partial charge on any atom is 0.0834 e. The number of halogens is 1. The molecule has 1 aromatic carbocycles. The molecule has 1 heterocycles. The molecule has 1 atom stereocenters. The van der Waals surface area contributed by atoms with Gasteiger partial charge < -0.3 is 0 Å². The second kappa shape index (κ2) is 7.07. The van der Waals surface area contributed by atoms with Crippen molar-refractivity contribution in [2.45, 2.75) is 46.2 Å². The molecule has 0 spiro atoms. The molecule has 5 heteroatoms. The van der Waals surface area contributed by atoms with Gasteiger partial charge in [0.2, 0.25) is 0 Å². The van der Waals surface area contributed by atoms with Crippen LogP contribution >= 0.6 is 11.6 Å². The Hall–Kier alpha value is -1.36. The third-order valence-corrected chi connectivity index (χ3v) is 4.10. The van der Waals surface area contributed by atoms with Crippen LogP contribution in [0.1, 0.15) is 41.8 Å². The van der Waals surface area contributed by atoms with E-state index in [1.807, 2.05) is 4.68 Å². The molecule has 3 N–H and O–H groups in total. The van der Waals surface area contributed by atoms with Gasteiger partial charge in [-0.2, -0.15) is 5.10 Å². The van der Waals surface area contributed by atoms with Crippen LogP contribution in [0, 0.1) is 13.8 Å². The third-order valence-electron chi connectivity index (χ3n) is 3.81. The van der Waals surface area contributed by atoms with Gasteiger partial charge in [0.05, 0.1) is 23.0 Å². The normalized spacial score (nSPS) is 12.6. The zero-order chi connectivity index (χ0) is 15.4. The number of rotatable bonds is 6. The molecule has 0 fully saturated rings. The van der Waals surface area contributed by atoms with E-state index < -0.39 is 0 Å². The molecule has 0 saturated carbocycles. The van der Waals surface area contributed by atoms with Crippen molar-refractivity contribution in [2.75, 3.05) is 0 Å². The molecule has 21 heavy (non-hydrogen) atoms. The molecule has 0 radical (unpaired) electrons. The lowest BCUT2D eigenvalue weighted by Crippen LogP contribution is -2.31. The summed E-state index contributed by atoms with van der Waals surface area (Å²) in [5.41, 5.74) is 7.66. The highest BCUT2D eigenvalue weighted by Gasteiger charge is 2.19. The molecule has 4 nitrogen and oxygen atoms in total. The Morgan fingerprint density at radius 2 is 2.10 bits per heavy atom. The molecule has 2 rings (SSSR count). The minimum absolute atomic E-state index is 0.0475. The molecule has 0 aliphatic rings. The van der Waals surface area contributed by atoms with Crippen LogP contribution in [0.4, 0.5) is 0 Å². The van der Waals surface area contributed by atoms with E-state index in [0.717, 1.165) is 25.1 Å². The largest absolute Gasteiger partial charge is 0.271 e. The highest BCUT2D eigenvalue weighted by Crippen LogP contribution is 2.26. The molecule has 0 aliphatic heterocycles. The molecule has 2 aromatic rings. The van der Waals surface area contributed by atoms with Crippen LogP contribution in [0.2, 0.25) is 5.02 Å². The summed E-state index contributed by atoms with van der Waals surface area (Å²) in [5.74, 6) is 5.76. The predicted octanol–water partition coefficient (Wildman–Crippen LogP) is 3.31. The van der Waals surface area contributed by atoms with Crippen molar-refractivity contribution in [3.63, 3.8) is 0 Å². The van der Waals surface area contributed by atoms with Crippen LogP contribution in [-0.2, 0) is 13.0 Å². The highest BCUT2D eigenvalue weighted by molar-refractivity contribution is 6.31. The van der Waals surface area contributed by atoms with Crippen molar-refractivity contribution in [1.29, 1.82) is 0 Å². The summed E-state index contributed by atoms with van der Waals surface area (Å²) in [5, 5.41) is 5.00. The van der Waals surface area contributed by atoms with Crippen molar-refractivity contribution in [3.8, 4) is 0 Å². The average molecular weight is 307 g/mol. The molecule has 0 saturated heterocycles. The van der Waals surface area contributed by atoms with Crippen LogP contribution in [0.3, 0.4) is 0 Å². The Bertz CT molecular complexity index is 606. The number of nitrogens with zero attached hydrogens (tertiary/aromatic N) is 2. The average Bonchev–Trinajstić information content (AvgIpc) is 2.82. The molecule has 1 unspecified atom stereocenters. The van der Waals surface area contributed by atoms with Gasteiger partial charge in [-0.3, -0.25) is 16.0 Å². The fraction of sp³-hybridized carbons (Fsp3) is 0.438. The summed E-state index contributed by atoms with van der Waals surface area (Å²) in [4.78, 5) is 0. The Morgan fingerprint density at radius 3 is 2.71 bits per heavy atom. The lowest BCUT2D eigenvalue weighted by molar-refractivity contribution is 0.478. The summed E-state index contributed by atoms with van der Waals surface area (Å²) >= 11 is 6.30. The zero-order valence-corrected chi connectivity index (χ0v) is 13.6. The number of hydrogen-bond donors (Lipinski definition) is 2. The SMILES string of the molecule is CCCn1ncc(Cl)c1C(Cc1ccc(C)c(C)c1)NN. The number of hydrogen-bond acceptors (Lipinski definition) is 3. The van der Waals surface area contributed by atoms with E-state index in [1.54, 1.807) is 6.20 Å². The number of benzene rings is 1. The van der Waals surface area contributed by atoms with Crippen LogP contribution < -0.4 is 11.3 Å². The van der Waals surface area contributed by atoms with E-state index in [1.165, 1.54) is 16.7 Å². The fourth-order valence-electron chi connectivity index (χ4n) is 2.51. The van der Waals surface area contributed by atoms with Crippen molar-refractivity contribution in [2.24, 2.45) is 5.84 Å². The van der Waals surface area contributed by atoms with Gasteiger partial charge in [0.25, 0.3) is 0 Å². The van der Waals surface area contributed by atoms with E-state index in [2.05, 4.69) is 49.5 Å². The number of hydrazine groups is 1. The molecule has 114 valence electrons. The van der Waals surface area contributed by atoms with Crippen LogP contribution in [0.25, 0.3) is 0 Å². The lowest BCUT2D eigenvalue weighted by atomic mass is 9.99. The van der Waals surface area contributed by atoms with Crippen molar-refractivity contribution < 1.29 is 0 Å². The first-order valence-electron chi connectivity index (χ1n) is 7.30. The van der Waals surface area contributed by atoms with Crippen molar-refractivity contribution >= 4 is 11.6 Å². The monoisotopic (exact) mass is 306 g/mol.